The third kappa shape index (κ3) is 4.92. The zero-order valence-corrected chi connectivity index (χ0v) is 22.1. The molecule has 0 saturated heterocycles. The number of anilines is 1. The molecule has 0 aliphatic rings. The molecule has 0 aliphatic heterocycles. The standard InChI is InChI=1S/C26H23BrN2O6S/c1-29(2)36(32,33)18-8-6-7-16(13-18)21(30)15-28-24-19-9-4-5-10-22(19)35-26(24)25(31)17-11-12-23(34-3)20(27)14-17/h4-14,28H,15H2,1-3H3. The van der Waals surface area contributed by atoms with Gasteiger partial charge in [-0.25, -0.2) is 12.7 Å². The normalized spacial score (nSPS) is 11.6. The summed E-state index contributed by atoms with van der Waals surface area (Å²) < 4.78 is 37.7. The largest absolute Gasteiger partial charge is 0.496 e. The van der Waals surface area contributed by atoms with Gasteiger partial charge >= 0.3 is 0 Å². The van der Waals surface area contributed by atoms with Crippen molar-refractivity contribution in [1.82, 2.24) is 4.31 Å². The van der Waals surface area contributed by atoms with E-state index in [0.29, 0.717) is 32.4 Å². The summed E-state index contributed by atoms with van der Waals surface area (Å²) in [4.78, 5) is 26.4. The quantitative estimate of drug-likeness (QED) is 0.283. The Morgan fingerprint density at radius 2 is 1.75 bits per heavy atom. The minimum atomic E-state index is -3.69. The highest BCUT2D eigenvalue weighted by atomic mass is 79.9. The molecule has 10 heteroatoms. The molecule has 0 spiro atoms. The zero-order chi connectivity index (χ0) is 26.0. The van der Waals surface area contributed by atoms with Crippen LogP contribution in [-0.4, -0.2) is 52.0 Å². The molecule has 0 saturated carbocycles. The molecule has 36 heavy (non-hydrogen) atoms. The van der Waals surface area contributed by atoms with Crippen molar-refractivity contribution < 1.29 is 27.2 Å². The number of furan rings is 1. The lowest BCUT2D eigenvalue weighted by Crippen LogP contribution is -2.23. The maximum absolute atomic E-state index is 13.4. The molecule has 1 heterocycles. The van der Waals surface area contributed by atoms with Gasteiger partial charge in [0.25, 0.3) is 0 Å². The molecule has 3 aromatic carbocycles. The molecule has 186 valence electrons. The average Bonchev–Trinajstić information content (AvgIpc) is 3.25. The van der Waals surface area contributed by atoms with Crippen molar-refractivity contribution in [3.63, 3.8) is 0 Å². The van der Waals surface area contributed by atoms with Crippen LogP contribution in [0.15, 0.2) is 80.5 Å². The molecule has 1 aromatic heterocycles. The first kappa shape index (κ1) is 25.6. The van der Waals surface area contributed by atoms with Gasteiger partial charge < -0.3 is 14.5 Å². The van der Waals surface area contributed by atoms with Crippen LogP contribution in [0.25, 0.3) is 11.0 Å². The number of halogens is 1. The number of ether oxygens (including phenoxy) is 1. The molecule has 0 unspecified atom stereocenters. The Hall–Kier alpha value is -3.47. The summed E-state index contributed by atoms with van der Waals surface area (Å²) in [5.41, 5.74) is 1.47. The van der Waals surface area contributed by atoms with Gasteiger partial charge in [0.2, 0.25) is 15.8 Å². The molecular formula is C26H23BrN2O6S. The van der Waals surface area contributed by atoms with Crippen LogP contribution >= 0.6 is 15.9 Å². The zero-order valence-electron chi connectivity index (χ0n) is 19.7. The Kier molecular flexibility index (Phi) is 7.30. The summed E-state index contributed by atoms with van der Waals surface area (Å²) in [5, 5.41) is 3.69. The van der Waals surface area contributed by atoms with Gasteiger partial charge in [0, 0.05) is 30.6 Å². The number of sulfonamides is 1. The van der Waals surface area contributed by atoms with Crippen molar-refractivity contribution in [2.75, 3.05) is 33.1 Å². The maximum Gasteiger partial charge on any atom is 0.242 e. The lowest BCUT2D eigenvalue weighted by Gasteiger charge is -2.12. The lowest BCUT2D eigenvalue weighted by molar-refractivity contribution is 0.0997. The number of methoxy groups -OCH3 is 1. The number of rotatable bonds is 9. The van der Waals surface area contributed by atoms with Gasteiger partial charge in [-0.3, -0.25) is 9.59 Å². The third-order valence-corrected chi connectivity index (χ3v) is 8.01. The molecule has 8 nitrogen and oxygen atoms in total. The first-order valence-corrected chi connectivity index (χ1v) is 13.1. The molecular weight excluding hydrogens is 548 g/mol. The molecule has 0 aliphatic carbocycles. The van der Waals surface area contributed by atoms with E-state index in [1.807, 2.05) is 0 Å². The van der Waals surface area contributed by atoms with Crippen LogP contribution in [0, 0.1) is 0 Å². The van der Waals surface area contributed by atoms with Crippen LogP contribution in [0.1, 0.15) is 26.5 Å². The van der Waals surface area contributed by atoms with Crippen molar-refractivity contribution in [2.24, 2.45) is 0 Å². The molecule has 0 radical (unpaired) electrons. The van der Waals surface area contributed by atoms with Gasteiger partial charge in [-0.05, 0) is 58.4 Å². The SMILES string of the molecule is COc1ccc(C(=O)c2oc3ccccc3c2NCC(=O)c2cccc(S(=O)(=O)N(C)C)c2)cc1Br. The second-order valence-corrected chi connectivity index (χ2v) is 11.1. The molecule has 0 atom stereocenters. The number of benzene rings is 3. The topological polar surface area (TPSA) is 106 Å². The molecule has 0 fully saturated rings. The molecule has 1 N–H and O–H groups in total. The second kappa shape index (κ2) is 10.3. The number of carbonyl (C=O) groups excluding carboxylic acids is 2. The van der Waals surface area contributed by atoms with Crippen molar-refractivity contribution in [1.29, 1.82) is 0 Å². The number of nitrogens with one attached hydrogen (secondary N) is 1. The number of para-hydroxylation sites is 1. The predicted molar refractivity (Wildman–Crippen MR) is 140 cm³/mol. The summed E-state index contributed by atoms with van der Waals surface area (Å²) in [6.45, 7) is -0.179. The smallest absolute Gasteiger partial charge is 0.242 e. The van der Waals surface area contributed by atoms with Crippen molar-refractivity contribution in [3.05, 3.63) is 88.1 Å². The van der Waals surface area contributed by atoms with Crippen molar-refractivity contribution in [2.45, 2.75) is 4.90 Å². The molecule has 0 amide bonds. The van der Waals surface area contributed by atoms with E-state index in [0.717, 1.165) is 4.31 Å². The highest BCUT2D eigenvalue weighted by Gasteiger charge is 2.24. The Bertz CT molecular complexity index is 1580. The summed E-state index contributed by atoms with van der Waals surface area (Å²) in [6.07, 6.45) is 0. The van der Waals surface area contributed by atoms with E-state index in [4.69, 9.17) is 9.15 Å². The fourth-order valence-corrected chi connectivity index (χ4v) is 5.12. The number of fused-ring (bicyclic) bond motifs is 1. The van der Waals surface area contributed by atoms with E-state index >= 15 is 0 Å². The number of Topliss-reactive ketones (excluding diaryl/α,β-unsaturated/α-hetero) is 1. The highest BCUT2D eigenvalue weighted by molar-refractivity contribution is 9.10. The Balaban J connectivity index is 1.65. The minimum absolute atomic E-state index is 0.0214. The third-order valence-electron chi connectivity index (χ3n) is 5.58. The minimum Gasteiger partial charge on any atom is -0.496 e. The van der Waals surface area contributed by atoms with Gasteiger partial charge in [0.15, 0.2) is 11.5 Å². The van der Waals surface area contributed by atoms with Crippen LogP contribution in [-0.2, 0) is 10.0 Å². The molecule has 4 aromatic rings. The predicted octanol–water partition coefficient (Wildman–Crippen LogP) is 4.98. The van der Waals surface area contributed by atoms with E-state index in [1.165, 1.54) is 39.4 Å². The maximum atomic E-state index is 13.4. The van der Waals surface area contributed by atoms with Crippen LogP contribution in [0.2, 0.25) is 0 Å². The number of hydrogen-bond donors (Lipinski definition) is 1. The van der Waals surface area contributed by atoms with E-state index in [-0.39, 0.29) is 34.3 Å². The monoisotopic (exact) mass is 570 g/mol. The Labute approximate surface area is 217 Å². The number of carbonyl (C=O) groups is 2. The summed E-state index contributed by atoms with van der Waals surface area (Å²) >= 11 is 3.39. The van der Waals surface area contributed by atoms with Crippen molar-refractivity contribution in [3.8, 4) is 5.75 Å². The summed E-state index contributed by atoms with van der Waals surface area (Å²) in [7, 11) is 0.696. The highest BCUT2D eigenvalue weighted by Crippen LogP contribution is 2.34. The average molecular weight is 571 g/mol. The number of hydrogen-bond acceptors (Lipinski definition) is 7. The summed E-state index contributed by atoms with van der Waals surface area (Å²) in [6, 6.07) is 17.9. The summed E-state index contributed by atoms with van der Waals surface area (Å²) in [5.74, 6) is -0.0751. The van der Waals surface area contributed by atoms with Crippen LogP contribution in [0.3, 0.4) is 0 Å². The fraction of sp³-hybridized carbons (Fsp3) is 0.154. The fourth-order valence-electron chi connectivity index (χ4n) is 3.63. The van der Waals surface area contributed by atoms with E-state index in [9.17, 15) is 18.0 Å². The molecule has 4 rings (SSSR count). The number of ketones is 2. The first-order valence-electron chi connectivity index (χ1n) is 10.8. The van der Waals surface area contributed by atoms with Crippen LogP contribution in [0.5, 0.6) is 5.75 Å². The lowest BCUT2D eigenvalue weighted by atomic mass is 10.1. The van der Waals surface area contributed by atoms with Gasteiger partial charge in [0.1, 0.15) is 11.3 Å². The van der Waals surface area contributed by atoms with E-state index in [2.05, 4.69) is 21.2 Å². The second-order valence-electron chi connectivity index (χ2n) is 8.07. The Morgan fingerprint density at radius 3 is 2.44 bits per heavy atom. The molecule has 0 bridgehead atoms. The van der Waals surface area contributed by atoms with Gasteiger partial charge in [0.05, 0.1) is 28.7 Å². The van der Waals surface area contributed by atoms with Gasteiger partial charge in [-0.2, -0.15) is 0 Å². The van der Waals surface area contributed by atoms with E-state index < -0.39 is 10.0 Å². The van der Waals surface area contributed by atoms with E-state index in [1.54, 1.807) is 48.5 Å². The van der Waals surface area contributed by atoms with Gasteiger partial charge in [-0.1, -0.05) is 24.3 Å². The van der Waals surface area contributed by atoms with Crippen LogP contribution < -0.4 is 10.1 Å². The Morgan fingerprint density at radius 1 is 1.00 bits per heavy atom. The van der Waals surface area contributed by atoms with Crippen LogP contribution in [0.4, 0.5) is 5.69 Å². The first-order chi connectivity index (χ1) is 17.1. The van der Waals surface area contributed by atoms with Gasteiger partial charge in [-0.15, -0.1) is 0 Å². The number of nitrogens with zero attached hydrogens (tertiary/aromatic N) is 1. The van der Waals surface area contributed by atoms with Crippen molar-refractivity contribution >= 4 is 54.2 Å².